The predicted molar refractivity (Wildman–Crippen MR) is 120 cm³/mol. The smallest absolute Gasteiger partial charge is 0.272 e. The normalized spacial score (nSPS) is 12.7. The summed E-state index contributed by atoms with van der Waals surface area (Å²) < 4.78 is 0. The number of amides is 1. The first kappa shape index (κ1) is 18.9. The third kappa shape index (κ3) is 3.36. The van der Waals surface area contributed by atoms with Gasteiger partial charge in [-0.1, -0.05) is 59.6 Å². The number of nitrogens with zero attached hydrogens (tertiary/aromatic N) is 2. The molecule has 5 nitrogen and oxygen atoms in total. The lowest BCUT2D eigenvalue weighted by Crippen LogP contribution is -2.18. The summed E-state index contributed by atoms with van der Waals surface area (Å²) in [5, 5.41) is 14.5. The summed E-state index contributed by atoms with van der Waals surface area (Å²) in [6.45, 7) is 0. The van der Waals surface area contributed by atoms with Crippen molar-refractivity contribution in [1.29, 1.82) is 0 Å². The molecule has 1 aromatic heterocycles. The highest BCUT2D eigenvalue weighted by molar-refractivity contribution is 6.42. The Morgan fingerprint density at radius 2 is 1.87 bits per heavy atom. The summed E-state index contributed by atoms with van der Waals surface area (Å²) in [4.78, 5) is 12.4. The van der Waals surface area contributed by atoms with Crippen LogP contribution in [0.3, 0.4) is 0 Å². The number of hydrazone groups is 1. The molecule has 148 valence electrons. The quantitative estimate of drug-likeness (QED) is 0.333. The number of aromatic nitrogens is 2. The minimum absolute atomic E-state index is 0.333. The molecule has 0 fully saturated rings. The van der Waals surface area contributed by atoms with E-state index < -0.39 is 0 Å². The molecule has 1 aliphatic rings. The molecular formula is C23H16Cl2N4O. The lowest BCUT2D eigenvalue weighted by atomic mass is 9.98. The second kappa shape index (κ2) is 7.59. The third-order valence-corrected chi connectivity index (χ3v) is 6.04. The van der Waals surface area contributed by atoms with E-state index in [2.05, 4.69) is 51.1 Å². The largest absolute Gasteiger partial charge is 0.289 e. The molecule has 4 aromatic rings. The van der Waals surface area contributed by atoms with Crippen molar-refractivity contribution in [2.45, 2.75) is 12.8 Å². The summed E-state index contributed by atoms with van der Waals surface area (Å²) >= 11 is 11.9. The fourth-order valence-electron chi connectivity index (χ4n) is 3.86. The topological polar surface area (TPSA) is 70.1 Å². The Labute approximate surface area is 182 Å². The molecule has 0 radical (unpaired) electrons. The average molecular weight is 435 g/mol. The van der Waals surface area contributed by atoms with E-state index in [0.29, 0.717) is 15.7 Å². The number of carbonyl (C=O) groups is 1. The van der Waals surface area contributed by atoms with Crippen molar-refractivity contribution in [3.8, 4) is 11.3 Å². The molecule has 0 unspecified atom stereocenters. The number of hydrogen-bond acceptors (Lipinski definition) is 3. The van der Waals surface area contributed by atoms with Crippen molar-refractivity contribution in [3.05, 3.63) is 87.0 Å². The summed E-state index contributed by atoms with van der Waals surface area (Å²) in [5.74, 6) is -0.379. The van der Waals surface area contributed by atoms with Gasteiger partial charge in [-0.15, -0.1) is 0 Å². The summed E-state index contributed by atoms with van der Waals surface area (Å²) in [5.41, 5.74) is 8.03. The zero-order chi connectivity index (χ0) is 20.7. The van der Waals surface area contributed by atoms with Gasteiger partial charge in [-0.25, -0.2) is 5.43 Å². The van der Waals surface area contributed by atoms with Gasteiger partial charge in [0.25, 0.3) is 5.91 Å². The standard InChI is InChI=1S/C23H16Cl2N4O/c24-18-9-4-13(10-19(18)25)12-26-29-23(30)21-11-20(27-28-21)16-8-7-15-6-5-14-2-1-3-17(16)22(14)15/h1-4,7-12H,5-6H2,(H,27,28)(H,29,30)/b26-12+. The first-order valence-electron chi connectivity index (χ1n) is 9.48. The highest BCUT2D eigenvalue weighted by Crippen LogP contribution is 2.36. The highest BCUT2D eigenvalue weighted by Gasteiger charge is 2.18. The number of nitrogens with one attached hydrogen (secondary N) is 2. The van der Waals surface area contributed by atoms with E-state index in [1.54, 1.807) is 24.3 Å². The Kier molecular flexibility index (Phi) is 4.77. The van der Waals surface area contributed by atoms with Gasteiger partial charge in [-0.2, -0.15) is 10.2 Å². The summed E-state index contributed by atoms with van der Waals surface area (Å²) in [6.07, 6.45) is 3.64. The number of hydrogen-bond donors (Lipinski definition) is 2. The van der Waals surface area contributed by atoms with Crippen LogP contribution in [-0.4, -0.2) is 22.3 Å². The number of rotatable bonds is 4. The Morgan fingerprint density at radius 1 is 1.03 bits per heavy atom. The van der Waals surface area contributed by atoms with Crippen molar-refractivity contribution >= 4 is 46.1 Å². The highest BCUT2D eigenvalue weighted by atomic mass is 35.5. The van der Waals surface area contributed by atoms with E-state index in [1.165, 1.54) is 28.1 Å². The molecule has 2 N–H and O–H groups in total. The van der Waals surface area contributed by atoms with Gasteiger partial charge in [0, 0.05) is 5.56 Å². The fraction of sp³-hybridized carbons (Fsp3) is 0.0870. The van der Waals surface area contributed by atoms with E-state index >= 15 is 0 Å². The molecule has 0 aliphatic heterocycles. The van der Waals surface area contributed by atoms with E-state index in [-0.39, 0.29) is 5.91 Å². The fourth-order valence-corrected chi connectivity index (χ4v) is 4.17. The van der Waals surface area contributed by atoms with Gasteiger partial charge in [0.15, 0.2) is 0 Å². The first-order chi connectivity index (χ1) is 14.6. The van der Waals surface area contributed by atoms with Crippen LogP contribution in [0.15, 0.2) is 59.7 Å². The van der Waals surface area contributed by atoms with Crippen molar-refractivity contribution in [3.63, 3.8) is 0 Å². The second-order valence-electron chi connectivity index (χ2n) is 7.15. The number of aromatic amines is 1. The van der Waals surface area contributed by atoms with E-state index in [4.69, 9.17) is 23.2 Å². The number of carbonyl (C=O) groups excluding carboxylic acids is 1. The van der Waals surface area contributed by atoms with Gasteiger partial charge in [0.05, 0.1) is 22.0 Å². The molecule has 1 heterocycles. The van der Waals surface area contributed by atoms with Crippen LogP contribution < -0.4 is 5.43 Å². The van der Waals surface area contributed by atoms with Crippen LogP contribution >= 0.6 is 23.2 Å². The molecule has 7 heteroatoms. The van der Waals surface area contributed by atoms with Crippen molar-refractivity contribution in [1.82, 2.24) is 15.6 Å². The third-order valence-electron chi connectivity index (χ3n) is 5.30. The van der Waals surface area contributed by atoms with E-state index in [9.17, 15) is 4.79 Å². The molecule has 3 aromatic carbocycles. The number of benzene rings is 3. The maximum absolute atomic E-state index is 12.4. The Bertz CT molecular complexity index is 1320. The molecule has 1 amide bonds. The van der Waals surface area contributed by atoms with Gasteiger partial charge >= 0.3 is 0 Å². The van der Waals surface area contributed by atoms with Crippen molar-refractivity contribution in [2.24, 2.45) is 5.10 Å². The Balaban J connectivity index is 1.37. The monoisotopic (exact) mass is 434 g/mol. The Hall–Kier alpha value is -3.15. The van der Waals surface area contributed by atoms with Crippen molar-refractivity contribution in [2.75, 3.05) is 0 Å². The minimum Gasteiger partial charge on any atom is -0.272 e. The number of halogens is 2. The molecule has 0 atom stereocenters. The SMILES string of the molecule is O=C(N/N=C/c1ccc(Cl)c(Cl)c1)c1cc(-c2ccc3c4c(cccc24)CC3)n[nH]1. The second-order valence-corrected chi connectivity index (χ2v) is 7.97. The molecule has 0 saturated carbocycles. The van der Waals surface area contributed by atoms with Crippen molar-refractivity contribution < 1.29 is 4.79 Å². The van der Waals surface area contributed by atoms with Gasteiger partial charge in [0.1, 0.15) is 5.69 Å². The van der Waals surface area contributed by atoms with E-state index in [1.807, 2.05) is 0 Å². The lowest BCUT2D eigenvalue weighted by Gasteiger charge is -2.06. The molecule has 1 aliphatic carbocycles. The maximum Gasteiger partial charge on any atom is 0.289 e. The van der Waals surface area contributed by atoms with Gasteiger partial charge in [0.2, 0.25) is 0 Å². The van der Waals surface area contributed by atoms with Crippen LogP contribution in [-0.2, 0) is 12.8 Å². The molecule has 30 heavy (non-hydrogen) atoms. The van der Waals surface area contributed by atoms with Crippen LogP contribution in [0.25, 0.3) is 22.0 Å². The van der Waals surface area contributed by atoms with Gasteiger partial charge in [-0.05, 0) is 58.5 Å². The number of H-pyrrole nitrogens is 1. The van der Waals surface area contributed by atoms with Crippen LogP contribution in [0.2, 0.25) is 10.0 Å². The average Bonchev–Trinajstić information content (AvgIpc) is 3.40. The molecule has 0 saturated heterocycles. The number of aryl methyl sites for hydroxylation is 2. The van der Waals surface area contributed by atoms with Crippen LogP contribution in [0, 0.1) is 0 Å². The first-order valence-corrected chi connectivity index (χ1v) is 10.2. The minimum atomic E-state index is -0.379. The van der Waals surface area contributed by atoms with Crippen LogP contribution in [0.5, 0.6) is 0 Å². The summed E-state index contributed by atoms with van der Waals surface area (Å²) in [6, 6.07) is 17.4. The predicted octanol–water partition coefficient (Wildman–Crippen LogP) is 5.40. The molecule has 0 bridgehead atoms. The van der Waals surface area contributed by atoms with E-state index in [0.717, 1.165) is 29.7 Å². The lowest BCUT2D eigenvalue weighted by molar-refractivity contribution is 0.0950. The van der Waals surface area contributed by atoms with Gasteiger partial charge < -0.3 is 0 Å². The molecule has 5 rings (SSSR count). The Morgan fingerprint density at radius 3 is 2.70 bits per heavy atom. The maximum atomic E-state index is 12.4. The zero-order valence-corrected chi connectivity index (χ0v) is 17.3. The summed E-state index contributed by atoms with van der Waals surface area (Å²) in [7, 11) is 0. The van der Waals surface area contributed by atoms with Gasteiger partial charge in [-0.3, -0.25) is 9.89 Å². The van der Waals surface area contributed by atoms with Crippen LogP contribution in [0.4, 0.5) is 0 Å². The van der Waals surface area contributed by atoms with Crippen LogP contribution in [0.1, 0.15) is 27.2 Å². The molecule has 0 spiro atoms. The molecular weight excluding hydrogens is 419 g/mol. The zero-order valence-electron chi connectivity index (χ0n) is 15.7.